The summed E-state index contributed by atoms with van der Waals surface area (Å²) in [6.07, 6.45) is 0.235. The fraction of sp³-hybridized carbons (Fsp3) is 0.257. The number of nitrogens with zero attached hydrogens (tertiary/aromatic N) is 2. The highest BCUT2D eigenvalue weighted by Gasteiger charge is 2.35. The zero-order valence-electron chi connectivity index (χ0n) is 25.8. The van der Waals surface area contributed by atoms with Gasteiger partial charge in [0.2, 0.25) is 11.8 Å². The first-order valence-electron chi connectivity index (χ1n) is 14.6. The van der Waals surface area contributed by atoms with Gasteiger partial charge in [0.05, 0.1) is 17.7 Å². The average Bonchev–Trinajstić information content (AvgIpc) is 3.01. The quantitative estimate of drug-likeness (QED) is 0.182. The lowest BCUT2D eigenvalue weighted by atomic mass is 10.0. The van der Waals surface area contributed by atoms with Crippen molar-refractivity contribution in [3.05, 3.63) is 124 Å². The number of ether oxygens (including phenoxy) is 1. The molecule has 236 valence electrons. The van der Waals surface area contributed by atoms with Crippen LogP contribution in [-0.4, -0.2) is 50.9 Å². The molecule has 0 fully saturated rings. The van der Waals surface area contributed by atoms with Crippen molar-refractivity contribution in [2.24, 2.45) is 0 Å². The standard InChI is InChI=1S/C35H38BrN3O5S/c1-25(2)37-35(41)32(22-27-11-6-5-7-12-27)38(23-28-13-10-14-29(36)21-28)34(40)24-39(31-15-8-9-16-33(31)44-4)45(42,43)30-19-17-26(3)18-20-30/h5-21,25,32H,22-24H2,1-4H3,(H,37,41). The number of hydrogen-bond donors (Lipinski definition) is 1. The summed E-state index contributed by atoms with van der Waals surface area (Å²) in [6.45, 7) is 5.09. The van der Waals surface area contributed by atoms with E-state index in [1.807, 2.05) is 75.4 Å². The van der Waals surface area contributed by atoms with E-state index in [1.165, 1.54) is 24.1 Å². The molecule has 0 heterocycles. The predicted octanol–water partition coefficient (Wildman–Crippen LogP) is 6.13. The molecule has 1 N–H and O–H groups in total. The number of carbonyl (C=O) groups excluding carboxylic acids is 2. The maximum Gasteiger partial charge on any atom is 0.264 e. The molecular weight excluding hydrogens is 654 g/mol. The van der Waals surface area contributed by atoms with Crippen LogP contribution in [0.5, 0.6) is 5.75 Å². The number of anilines is 1. The summed E-state index contributed by atoms with van der Waals surface area (Å²) >= 11 is 3.50. The maximum absolute atomic E-state index is 14.6. The minimum atomic E-state index is -4.24. The van der Waals surface area contributed by atoms with Gasteiger partial charge in [0, 0.05) is 23.5 Å². The fourth-order valence-electron chi connectivity index (χ4n) is 4.95. The molecule has 2 amide bonds. The Morgan fingerprint density at radius 3 is 2.16 bits per heavy atom. The number of para-hydroxylation sites is 2. The Balaban J connectivity index is 1.83. The Hall–Kier alpha value is -4.15. The minimum absolute atomic E-state index is 0.0312. The van der Waals surface area contributed by atoms with Crippen LogP contribution in [0.4, 0.5) is 5.69 Å². The van der Waals surface area contributed by atoms with Crippen molar-refractivity contribution in [3.63, 3.8) is 0 Å². The summed E-state index contributed by atoms with van der Waals surface area (Å²) in [7, 11) is -2.79. The molecule has 0 aliphatic carbocycles. The van der Waals surface area contributed by atoms with E-state index in [9.17, 15) is 18.0 Å². The Labute approximate surface area is 274 Å². The molecule has 4 aromatic rings. The Morgan fingerprint density at radius 2 is 1.51 bits per heavy atom. The Bertz CT molecular complexity index is 1710. The molecule has 45 heavy (non-hydrogen) atoms. The third-order valence-corrected chi connectivity index (χ3v) is 9.45. The Kier molecular flexibility index (Phi) is 11.4. The van der Waals surface area contributed by atoms with Crippen LogP contribution in [-0.2, 0) is 32.6 Å². The number of rotatable bonds is 13. The van der Waals surface area contributed by atoms with Crippen molar-refractivity contribution in [1.29, 1.82) is 0 Å². The van der Waals surface area contributed by atoms with Gasteiger partial charge in [-0.3, -0.25) is 13.9 Å². The first kappa shape index (κ1) is 33.7. The summed E-state index contributed by atoms with van der Waals surface area (Å²) in [5.74, 6) is -0.586. The van der Waals surface area contributed by atoms with Gasteiger partial charge in [-0.05, 0) is 68.3 Å². The van der Waals surface area contributed by atoms with E-state index in [4.69, 9.17) is 4.74 Å². The van der Waals surface area contributed by atoms with Crippen LogP contribution in [0, 0.1) is 6.92 Å². The smallest absolute Gasteiger partial charge is 0.264 e. The molecular formula is C35H38BrN3O5S. The Morgan fingerprint density at radius 1 is 0.867 bits per heavy atom. The topological polar surface area (TPSA) is 96.0 Å². The van der Waals surface area contributed by atoms with Crippen molar-refractivity contribution < 1.29 is 22.7 Å². The number of aryl methyl sites for hydroxylation is 1. The molecule has 0 bridgehead atoms. The molecule has 4 aromatic carbocycles. The largest absolute Gasteiger partial charge is 0.495 e. The van der Waals surface area contributed by atoms with Crippen LogP contribution in [0.1, 0.15) is 30.5 Å². The lowest BCUT2D eigenvalue weighted by Crippen LogP contribution is -2.54. The van der Waals surface area contributed by atoms with Crippen molar-refractivity contribution in [3.8, 4) is 5.75 Å². The average molecular weight is 693 g/mol. The van der Waals surface area contributed by atoms with Crippen molar-refractivity contribution in [2.75, 3.05) is 18.0 Å². The van der Waals surface area contributed by atoms with E-state index in [1.54, 1.807) is 36.4 Å². The number of methoxy groups -OCH3 is 1. The lowest BCUT2D eigenvalue weighted by molar-refractivity contribution is -0.140. The van der Waals surface area contributed by atoms with Crippen LogP contribution in [0.25, 0.3) is 0 Å². The molecule has 10 heteroatoms. The van der Waals surface area contributed by atoms with Crippen LogP contribution < -0.4 is 14.4 Å². The van der Waals surface area contributed by atoms with Crippen molar-refractivity contribution in [1.82, 2.24) is 10.2 Å². The second-order valence-corrected chi connectivity index (χ2v) is 13.8. The van der Waals surface area contributed by atoms with Gasteiger partial charge in [0.1, 0.15) is 18.3 Å². The van der Waals surface area contributed by atoms with Gasteiger partial charge in [-0.2, -0.15) is 0 Å². The number of sulfonamides is 1. The third-order valence-electron chi connectivity index (χ3n) is 7.19. The lowest BCUT2D eigenvalue weighted by Gasteiger charge is -2.34. The van der Waals surface area contributed by atoms with Gasteiger partial charge in [0.15, 0.2) is 0 Å². The van der Waals surface area contributed by atoms with E-state index in [0.29, 0.717) is 0 Å². The van der Waals surface area contributed by atoms with Gasteiger partial charge in [-0.15, -0.1) is 0 Å². The maximum atomic E-state index is 14.6. The van der Waals surface area contributed by atoms with Gasteiger partial charge in [-0.1, -0.05) is 88.2 Å². The van der Waals surface area contributed by atoms with E-state index in [0.717, 1.165) is 25.5 Å². The molecule has 1 unspecified atom stereocenters. The molecule has 1 atom stereocenters. The van der Waals surface area contributed by atoms with Gasteiger partial charge < -0.3 is 15.0 Å². The van der Waals surface area contributed by atoms with Crippen molar-refractivity contribution in [2.45, 2.75) is 50.7 Å². The molecule has 0 spiro atoms. The summed E-state index contributed by atoms with van der Waals surface area (Å²) in [5.41, 5.74) is 2.75. The number of benzene rings is 4. The second kappa shape index (κ2) is 15.2. The highest BCUT2D eigenvalue weighted by molar-refractivity contribution is 9.10. The van der Waals surface area contributed by atoms with Gasteiger partial charge >= 0.3 is 0 Å². The number of halogens is 1. The summed E-state index contributed by atoms with van der Waals surface area (Å²) in [6, 6.07) is 28.9. The molecule has 0 radical (unpaired) electrons. The number of nitrogens with one attached hydrogen (secondary N) is 1. The molecule has 0 aliphatic rings. The van der Waals surface area contributed by atoms with Crippen LogP contribution >= 0.6 is 15.9 Å². The highest BCUT2D eigenvalue weighted by atomic mass is 79.9. The van der Waals surface area contributed by atoms with E-state index in [2.05, 4.69) is 21.2 Å². The summed E-state index contributed by atoms with van der Waals surface area (Å²) < 4.78 is 35.9. The molecule has 0 aliphatic heterocycles. The van der Waals surface area contributed by atoms with Gasteiger partial charge in [0.25, 0.3) is 10.0 Å². The molecule has 0 aromatic heterocycles. The summed E-state index contributed by atoms with van der Waals surface area (Å²) in [5, 5.41) is 2.97. The van der Waals surface area contributed by atoms with Crippen molar-refractivity contribution >= 4 is 43.5 Å². The molecule has 4 rings (SSSR count). The second-order valence-electron chi connectivity index (χ2n) is 11.0. The third kappa shape index (κ3) is 8.73. The number of carbonyl (C=O) groups is 2. The predicted molar refractivity (Wildman–Crippen MR) is 181 cm³/mol. The first-order chi connectivity index (χ1) is 21.5. The monoisotopic (exact) mass is 691 g/mol. The zero-order chi connectivity index (χ0) is 32.6. The highest BCUT2D eigenvalue weighted by Crippen LogP contribution is 2.33. The molecule has 0 saturated carbocycles. The van der Waals surface area contributed by atoms with E-state index in [-0.39, 0.29) is 41.2 Å². The summed E-state index contributed by atoms with van der Waals surface area (Å²) in [4.78, 5) is 29.9. The SMILES string of the molecule is COc1ccccc1N(CC(=O)N(Cc1cccc(Br)c1)C(Cc1ccccc1)C(=O)NC(C)C)S(=O)(=O)c1ccc(C)cc1. The zero-order valence-corrected chi connectivity index (χ0v) is 28.2. The van der Waals surface area contributed by atoms with Gasteiger partial charge in [-0.25, -0.2) is 8.42 Å². The number of amides is 2. The molecule has 0 saturated heterocycles. The van der Waals surface area contributed by atoms with E-state index >= 15 is 0 Å². The molecule has 8 nitrogen and oxygen atoms in total. The minimum Gasteiger partial charge on any atom is -0.495 e. The van der Waals surface area contributed by atoms with Crippen LogP contribution in [0.2, 0.25) is 0 Å². The van der Waals surface area contributed by atoms with Crippen LogP contribution in [0.3, 0.4) is 0 Å². The fourth-order valence-corrected chi connectivity index (χ4v) is 6.82. The number of hydrogen-bond acceptors (Lipinski definition) is 5. The normalized spacial score (nSPS) is 12.0. The van der Waals surface area contributed by atoms with E-state index < -0.39 is 28.5 Å². The van der Waals surface area contributed by atoms with Crippen LogP contribution in [0.15, 0.2) is 112 Å². The first-order valence-corrected chi connectivity index (χ1v) is 16.8.